The third-order valence-corrected chi connectivity index (χ3v) is 4.82. The molecule has 0 amide bonds. The van der Waals surface area contributed by atoms with Crippen molar-refractivity contribution < 1.29 is 4.39 Å². The fourth-order valence-electron chi connectivity index (χ4n) is 2.62. The van der Waals surface area contributed by atoms with Crippen LogP contribution in [0, 0.1) is 12.7 Å². The molecule has 1 aromatic carbocycles. The van der Waals surface area contributed by atoms with Gasteiger partial charge in [0.1, 0.15) is 22.8 Å². The Balaban J connectivity index is 1.81. The maximum atomic E-state index is 13.4. The molecule has 0 radical (unpaired) electrons. The van der Waals surface area contributed by atoms with Gasteiger partial charge < -0.3 is 10.6 Å². The number of aromatic nitrogens is 2. The van der Waals surface area contributed by atoms with E-state index in [1.807, 2.05) is 0 Å². The summed E-state index contributed by atoms with van der Waals surface area (Å²) in [6.07, 6.45) is 1.57. The average Bonchev–Trinajstić information content (AvgIpc) is 3.03. The fraction of sp³-hybridized carbons (Fsp3) is 0.200. The molecule has 1 aliphatic heterocycles. The van der Waals surface area contributed by atoms with Crippen LogP contribution in [0.4, 0.5) is 15.9 Å². The number of benzene rings is 1. The molecule has 4 rings (SSSR count). The number of nitrogens with one attached hydrogen (secondary N) is 2. The molecule has 1 aliphatic rings. The highest BCUT2D eigenvalue weighted by Gasteiger charge is 2.20. The van der Waals surface area contributed by atoms with E-state index in [4.69, 9.17) is 0 Å². The van der Waals surface area contributed by atoms with Gasteiger partial charge in [-0.1, -0.05) is 0 Å². The number of hydrogen-bond acceptors (Lipinski definition) is 5. The summed E-state index contributed by atoms with van der Waals surface area (Å²) in [5.41, 5.74) is 2.72. The highest BCUT2D eigenvalue weighted by Crippen LogP contribution is 2.37. The zero-order valence-corrected chi connectivity index (χ0v) is 12.2. The lowest BCUT2D eigenvalue weighted by atomic mass is 10.2. The predicted molar refractivity (Wildman–Crippen MR) is 82.4 cm³/mol. The van der Waals surface area contributed by atoms with Gasteiger partial charge in [0, 0.05) is 23.7 Å². The second-order valence-corrected chi connectivity index (χ2v) is 6.18. The van der Waals surface area contributed by atoms with Crippen LogP contribution >= 0.6 is 11.3 Å². The van der Waals surface area contributed by atoms with E-state index in [2.05, 4.69) is 20.6 Å². The molecule has 21 heavy (non-hydrogen) atoms. The normalized spacial score (nSPS) is 13.6. The van der Waals surface area contributed by atoms with Crippen molar-refractivity contribution in [3.8, 4) is 0 Å². The second kappa shape index (κ2) is 4.75. The SMILES string of the molecule is Cc1cc(Nc2ncnc3sc4c(c23)CNC4)ccc1F. The van der Waals surface area contributed by atoms with Crippen molar-refractivity contribution in [1.82, 2.24) is 15.3 Å². The van der Waals surface area contributed by atoms with Crippen molar-refractivity contribution in [3.05, 3.63) is 46.3 Å². The molecule has 4 nitrogen and oxygen atoms in total. The van der Waals surface area contributed by atoms with Crippen LogP contribution in [-0.4, -0.2) is 9.97 Å². The molecule has 2 aromatic heterocycles. The van der Waals surface area contributed by atoms with Gasteiger partial charge in [-0.2, -0.15) is 0 Å². The molecule has 0 bridgehead atoms. The molecule has 0 unspecified atom stereocenters. The van der Waals surface area contributed by atoms with Crippen LogP contribution < -0.4 is 10.6 Å². The van der Waals surface area contributed by atoms with Gasteiger partial charge in [-0.05, 0) is 36.2 Å². The third-order valence-electron chi connectivity index (χ3n) is 3.68. The number of thiophene rings is 1. The van der Waals surface area contributed by atoms with E-state index >= 15 is 0 Å². The summed E-state index contributed by atoms with van der Waals surface area (Å²) in [6, 6.07) is 4.98. The maximum absolute atomic E-state index is 13.4. The van der Waals surface area contributed by atoms with Crippen molar-refractivity contribution in [2.75, 3.05) is 5.32 Å². The summed E-state index contributed by atoms with van der Waals surface area (Å²) in [6.45, 7) is 3.49. The summed E-state index contributed by atoms with van der Waals surface area (Å²) in [5, 5.41) is 7.71. The van der Waals surface area contributed by atoms with Gasteiger partial charge in [-0.25, -0.2) is 14.4 Å². The van der Waals surface area contributed by atoms with Gasteiger partial charge in [0.25, 0.3) is 0 Å². The molecule has 0 fully saturated rings. The summed E-state index contributed by atoms with van der Waals surface area (Å²) in [7, 11) is 0. The molecule has 2 N–H and O–H groups in total. The van der Waals surface area contributed by atoms with Crippen molar-refractivity contribution in [2.24, 2.45) is 0 Å². The average molecular weight is 300 g/mol. The van der Waals surface area contributed by atoms with Crippen LogP contribution in [-0.2, 0) is 13.1 Å². The number of nitrogens with zero attached hydrogens (tertiary/aromatic N) is 2. The van der Waals surface area contributed by atoms with E-state index in [1.54, 1.807) is 36.7 Å². The Morgan fingerprint density at radius 3 is 3.05 bits per heavy atom. The van der Waals surface area contributed by atoms with Gasteiger partial charge in [-0.15, -0.1) is 11.3 Å². The molecule has 6 heteroatoms. The van der Waals surface area contributed by atoms with Crippen molar-refractivity contribution in [1.29, 1.82) is 0 Å². The number of aryl methyl sites for hydroxylation is 1. The van der Waals surface area contributed by atoms with Gasteiger partial charge in [0.15, 0.2) is 0 Å². The zero-order chi connectivity index (χ0) is 14.4. The fourth-order valence-corrected chi connectivity index (χ4v) is 3.75. The van der Waals surface area contributed by atoms with E-state index in [1.165, 1.54) is 16.5 Å². The van der Waals surface area contributed by atoms with Crippen LogP contribution in [0.15, 0.2) is 24.5 Å². The largest absolute Gasteiger partial charge is 0.340 e. The molecule has 0 spiro atoms. The lowest BCUT2D eigenvalue weighted by Gasteiger charge is -2.08. The molecule has 0 atom stereocenters. The Morgan fingerprint density at radius 1 is 1.29 bits per heavy atom. The van der Waals surface area contributed by atoms with Gasteiger partial charge in [0.2, 0.25) is 0 Å². The minimum absolute atomic E-state index is 0.200. The Bertz CT molecular complexity index is 843. The van der Waals surface area contributed by atoms with Crippen LogP contribution in [0.5, 0.6) is 0 Å². The molecule has 3 aromatic rings. The van der Waals surface area contributed by atoms with Crippen LogP contribution in [0.25, 0.3) is 10.2 Å². The quantitative estimate of drug-likeness (QED) is 0.760. The van der Waals surface area contributed by atoms with Crippen LogP contribution in [0.2, 0.25) is 0 Å². The number of halogens is 1. The van der Waals surface area contributed by atoms with Crippen molar-refractivity contribution >= 4 is 33.1 Å². The molecule has 0 saturated heterocycles. The predicted octanol–water partition coefficient (Wildman–Crippen LogP) is 3.49. The number of fused-ring (bicyclic) bond motifs is 3. The Kier molecular flexibility index (Phi) is 2.87. The van der Waals surface area contributed by atoms with E-state index in [-0.39, 0.29) is 5.82 Å². The molecule has 0 aliphatic carbocycles. The first-order chi connectivity index (χ1) is 10.2. The number of hydrogen-bond donors (Lipinski definition) is 2. The zero-order valence-electron chi connectivity index (χ0n) is 11.4. The van der Waals surface area contributed by atoms with Gasteiger partial charge in [0.05, 0.1) is 5.39 Å². The topological polar surface area (TPSA) is 49.8 Å². The standard InChI is InChI=1S/C15H13FN4S/c1-8-4-9(2-3-11(8)16)20-14-13-10-5-17-6-12(10)21-15(13)19-7-18-14/h2-4,7,17H,5-6H2,1H3,(H,18,19,20). The summed E-state index contributed by atoms with van der Waals surface area (Å²) in [4.78, 5) is 11.0. The van der Waals surface area contributed by atoms with Crippen molar-refractivity contribution in [3.63, 3.8) is 0 Å². The van der Waals surface area contributed by atoms with E-state index in [0.29, 0.717) is 5.56 Å². The Morgan fingerprint density at radius 2 is 2.19 bits per heavy atom. The molecule has 106 valence electrons. The summed E-state index contributed by atoms with van der Waals surface area (Å²) < 4.78 is 13.4. The summed E-state index contributed by atoms with van der Waals surface area (Å²) in [5.74, 6) is 0.584. The van der Waals surface area contributed by atoms with Gasteiger partial charge in [-0.3, -0.25) is 0 Å². The van der Waals surface area contributed by atoms with Gasteiger partial charge >= 0.3 is 0 Å². The highest BCUT2D eigenvalue weighted by molar-refractivity contribution is 7.19. The van der Waals surface area contributed by atoms with E-state index < -0.39 is 0 Å². The minimum Gasteiger partial charge on any atom is -0.340 e. The molecular formula is C15H13FN4S. The smallest absolute Gasteiger partial charge is 0.142 e. The Hall–Kier alpha value is -2.05. The van der Waals surface area contributed by atoms with Crippen LogP contribution in [0.3, 0.4) is 0 Å². The second-order valence-electron chi connectivity index (χ2n) is 5.10. The first-order valence-electron chi connectivity index (χ1n) is 6.71. The minimum atomic E-state index is -0.200. The third kappa shape index (κ3) is 2.07. The molecule has 0 saturated carbocycles. The Labute approximate surface area is 125 Å². The molecule has 3 heterocycles. The lowest BCUT2D eigenvalue weighted by Crippen LogP contribution is -2.02. The van der Waals surface area contributed by atoms with Crippen LogP contribution in [0.1, 0.15) is 16.0 Å². The van der Waals surface area contributed by atoms with E-state index in [9.17, 15) is 4.39 Å². The monoisotopic (exact) mass is 300 g/mol. The first-order valence-corrected chi connectivity index (χ1v) is 7.53. The van der Waals surface area contributed by atoms with E-state index in [0.717, 1.165) is 34.8 Å². The highest BCUT2D eigenvalue weighted by atomic mass is 32.1. The number of anilines is 2. The maximum Gasteiger partial charge on any atom is 0.142 e. The lowest BCUT2D eigenvalue weighted by molar-refractivity contribution is 0.619. The first kappa shape index (κ1) is 12.7. The molecular weight excluding hydrogens is 287 g/mol. The van der Waals surface area contributed by atoms with Crippen molar-refractivity contribution in [2.45, 2.75) is 20.0 Å². The summed E-state index contributed by atoms with van der Waals surface area (Å²) >= 11 is 1.70. The number of rotatable bonds is 2.